The number of ether oxygens (including phenoxy) is 1. The van der Waals surface area contributed by atoms with Gasteiger partial charge < -0.3 is 4.74 Å². The molecule has 2 rings (SSSR count). The number of fused-ring (bicyclic) bond motifs is 1. The number of rotatable bonds is 1. The third-order valence-corrected chi connectivity index (χ3v) is 2.05. The number of esters is 1. The average molecular weight is 212 g/mol. The van der Waals surface area contributed by atoms with Crippen molar-refractivity contribution in [2.45, 2.75) is 0 Å². The first-order chi connectivity index (χ1) is 6.74. The fourth-order valence-electron chi connectivity index (χ4n) is 1.11. The Morgan fingerprint density at radius 1 is 1.57 bits per heavy atom. The van der Waals surface area contributed by atoms with E-state index in [-0.39, 0.29) is 5.82 Å². The van der Waals surface area contributed by atoms with Crippen LogP contribution in [0.1, 0.15) is 10.6 Å². The van der Waals surface area contributed by atoms with Gasteiger partial charge in [-0.05, 0) is 12.1 Å². The van der Waals surface area contributed by atoms with E-state index in [0.717, 1.165) is 0 Å². The molecule has 2 heterocycles. The summed E-state index contributed by atoms with van der Waals surface area (Å²) in [4.78, 5) is 11.2. The maximum absolute atomic E-state index is 11.2. The van der Waals surface area contributed by atoms with Crippen molar-refractivity contribution in [1.29, 1.82) is 0 Å². The van der Waals surface area contributed by atoms with Gasteiger partial charge in [-0.1, -0.05) is 11.6 Å². The summed E-state index contributed by atoms with van der Waals surface area (Å²) in [6.07, 6.45) is 1.65. The van der Waals surface area contributed by atoms with Gasteiger partial charge in [-0.25, -0.2) is 4.79 Å². The summed E-state index contributed by atoms with van der Waals surface area (Å²) in [5, 5.41) is 7.89. The molecule has 0 aliphatic heterocycles. The number of hydrogen-bond donors (Lipinski definition) is 0. The summed E-state index contributed by atoms with van der Waals surface area (Å²) in [6, 6.07) is 3.37. The third kappa shape index (κ3) is 1.22. The first-order valence-corrected chi connectivity index (χ1v) is 4.19. The molecule has 0 fully saturated rings. The van der Waals surface area contributed by atoms with Crippen molar-refractivity contribution in [2.75, 3.05) is 7.11 Å². The van der Waals surface area contributed by atoms with Crippen LogP contribution in [0.2, 0.25) is 5.02 Å². The standard InChI is InChI=1S/C8H6ClN3O2/c1-14-8(13)7-11-10-6-5(9)3-2-4-12(6)7/h2-4H,1H3. The Labute approximate surface area is 84.3 Å². The first kappa shape index (κ1) is 8.96. The van der Waals surface area contributed by atoms with Crippen molar-refractivity contribution in [3.63, 3.8) is 0 Å². The van der Waals surface area contributed by atoms with E-state index < -0.39 is 5.97 Å². The minimum absolute atomic E-state index is 0.116. The molecular weight excluding hydrogens is 206 g/mol. The number of aromatic nitrogens is 3. The van der Waals surface area contributed by atoms with Gasteiger partial charge in [0.15, 0.2) is 5.65 Å². The average Bonchev–Trinajstić information content (AvgIpc) is 2.62. The number of nitrogens with zero attached hydrogens (tertiary/aromatic N) is 3. The van der Waals surface area contributed by atoms with E-state index in [9.17, 15) is 4.79 Å². The highest BCUT2D eigenvalue weighted by Gasteiger charge is 2.15. The van der Waals surface area contributed by atoms with Crippen LogP contribution in [-0.2, 0) is 4.74 Å². The fourth-order valence-corrected chi connectivity index (χ4v) is 1.32. The maximum atomic E-state index is 11.2. The van der Waals surface area contributed by atoms with Crippen LogP contribution in [0.3, 0.4) is 0 Å². The molecule has 0 aliphatic rings. The van der Waals surface area contributed by atoms with Crippen molar-refractivity contribution in [3.8, 4) is 0 Å². The molecule has 0 aliphatic carbocycles. The van der Waals surface area contributed by atoms with Gasteiger partial charge in [0.1, 0.15) is 0 Å². The number of pyridine rings is 1. The van der Waals surface area contributed by atoms with Gasteiger partial charge in [-0.3, -0.25) is 4.40 Å². The van der Waals surface area contributed by atoms with Crippen LogP contribution in [0.25, 0.3) is 5.65 Å². The second-order valence-corrected chi connectivity index (χ2v) is 2.97. The Morgan fingerprint density at radius 3 is 3.07 bits per heavy atom. The second kappa shape index (κ2) is 3.26. The van der Waals surface area contributed by atoms with Crippen molar-refractivity contribution < 1.29 is 9.53 Å². The fraction of sp³-hybridized carbons (Fsp3) is 0.125. The van der Waals surface area contributed by atoms with Crippen molar-refractivity contribution >= 4 is 23.2 Å². The lowest BCUT2D eigenvalue weighted by Crippen LogP contribution is -2.06. The minimum Gasteiger partial charge on any atom is -0.463 e. The van der Waals surface area contributed by atoms with Gasteiger partial charge in [0.05, 0.1) is 12.1 Å². The van der Waals surface area contributed by atoms with E-state index in [1.54, 1.807) is 18.3 Å². The van der Waals surface area contributed by atoms with E-state index in [0.29, 0.717) is 10.7 Å². The van der Waals surface area contributed by atoms with Crippen molar-refractivity contribution in [2.24, 2.45) is 0 Å². The molecule has 0 N–H and O–H groups in total. The van der Waals surface area contributed by atoms with E-state index in [4.69, 9.17) is 11.6 Å². The summed E-state index contributed by atoms with van der Waals surface area (Å²) in [7, 11) is 1.29. The SMILES string of the molecule is COC(=O)c1nnc2c(Cl)cccn12. The van der Waals surface area contributed by atoms with E-state index in [1.807, 2.05) is 0 Å². The Hall–Kier alpha value is -1.62. The summed E-state index contributed by atoms with van der Waals surface area (Å²) >= 11 is 5.84. The predicted octanol–water partition coefficient (Wildman–Crippen LogP) is 1.17. The molecule has 0 atom stereocenters. The Balaban J connectivity index is 2.70. The number of carbonyl (C=O) groups is 1. The summed E-state index contributed by atoms with van der Waals surface area (Å²) in [6.45, 7) is 0. The van der Waals surface area contributed by atoms with Crippen LogP contribution >= 0.6 is 11.6 Å². The minimum atomic E-state index is -0.542. The topological polar surface area (TPSA) is 56.5 Å². The van der Waals surface area contributed by atoms with Gasteiger partial charge in [-0.2, -0.15) is 0 Å². The molecule has 0 radical (unpaired) electrons. The van der Waals surface area contributed by atoms with Crippen LogP contribution in [0, 0.1) is 0 Å². The highest BCUT2D eigenvalue weighted by Crippen LogP contribution is 2.15. The van der Waals surface area contributed by atoms with Crippen LogP contribution in [0.4, 0.5) is 0 Å². The number of methoxy groups -OCH3 is 1. The molecule has 0 unspecified atom stereocenters. The van der Waals surface area contributed by atoms with Gasteiger partial charge in [0, 0.05) is 6.20 Å². The lowest BCUT2D eigenvalue weighted by molar-refractivity contribution is 0.0585. The molecule has 2 aromatic heterocycles. The summed E-state index contributed by atoms with van der Waals surface area (Å²) in [5.41, 5.74) is 0.439. The molecule has 5 nitrogen and oxygen atoms in total. The second-order valence-electron chi connectivity index (χ2n) is 2.56. The summed E-state index contributed by atoms with van der Waals surface area (Å²) in [5.74, 6) is -0.426. The summed E-state index contributed by atoms with van der Waals surface area (Å²) < 4.78 is 6.02. The van der Waals surface area contributed by atoms with E-state index in [1.165, 1.54) is 11.5 Å². The molecule has 0 bridgehead atoms. The zero-order chi connectivity index (χ0) is 10.1. The smallest absolute Gasteiger partial charge is 0.376 e. The lowest BCUT2D eigenvalue weighted by Gasteiger charge is -1.97. The molecule has 0 aromatic carbocycles. The molecule has 0 spiro atoms. The predicted molar refractivity (Wildman–Crippen MR) is 49.3 cm³/mol. The molecular formula is C8H6ClN3O2. The largest absolute Gasteiger partial charge is 0.463 e. The quantitative estimate of drug-likeness (QED) is 0.665. The van der Waals surface area contributed by atoms with Crippen LogP contribution in [0.5, 0.6) is 0 Å². The normalized spacial score (nSPS) is 10.4. The number of hydrogen-bond acceptors (Lipinski definition) is 4. The zero-order valence-electron chi connectivity index (χ0n) is 7.27. The van der Waals surface area contributed by atoms with E-state index in [2.05, 4.69) is 14.9 Å². The number of halogens is 1. The molecule has 2 aromatic rings. The first-order valence-electron chi connectivity index (χ1n) is 3.81. The van der Waals surface area contributed by atoms with E-state index >= 15 is 0 Å². The van der Waals surface area contributed by atoms with Crippen molar-refractivity contribution in [3.05, 3.63) is 29.2 Å². The van der Waals surface area contributed by atoms with Gasteiger partial charge in [-0.15, -0.1) is 10.2 Å². The van der Waals surface area contributed by atoms with Gasteiger partial charge in [0.25, 0.3) is 0 Å². The van der Waals surface area contributed by atoms with Crippen molar-refractivity contribution in [1.82, 2.24) is 14.6 Å². The number of carbonyl (C=O) groups excluding carboxylic acids is 1. The maximum Gasteiger partial charge on any atom is 0.376 e. The third-order valence-electron chi connectivity index (χ3n) is 1.76. The monoisotopic (exact) mass is 211 g/mol. The molecule has 0 saturated carbocycles. The van der Waals surface area contributed by atoms with Crippen LogP contribution in [-0.4, -0.2) is 27.7 Å². The molecule has 72 valence electrons. The molecule has 14 heavy (non-hydrogen) atoms. The Kier molecular flexibility index (Phi) is 2.09. The Bertz CT molecular complexity index is 494. The molecule has 0 amide bonds. The highest BCUT2D eigenvalue weighted by molar-refractivity contribution is 6.33. The lowest BCUT2D eigenvalue weighted by atomic mass is 10.4. The van der Waals surface area contributed by atoms with Gasteiger partial charge >= 0.3 is 5.97 Å². The van der Waals surface area contributed by atoms with Crippen LogP contribution in [0.15, 0.2) is 18.3 Å². The molecule has 6 heteroatoms. The highest BCUT2D eigenvalue weighted by atomic mass is 35.5. The Morgan fingerprint density at radius 2 is 2.36 bits per heavy atom. The molecule has 0 saturated heterocycles. The van der Waals surface area contributed by atoms with Crippen LogP contribution < -0.4 is 0 Å². The van der Waals surface area contributed by atoms with Gasteiger partial charge in [0.2, 0.25) is 5.82 Å². The zero-order valence-corrected chi connectivity index (χ0v) is 8.02.